The van der Waals surface area contributed by atoms with E-state index >= 15 is 0 Å². The second-order valence-corrected chi connectivity index (χ2v) is 8.73. The van der Waals surface area contributed by atoms with Gasteiger partial charge in [0.2, 0.25) is 0 Å². The molecule has 0 fully saturated rings. The van der Waals surface area contributed by atoms with Gasteiger partial charge in [-0.05, 0) is 41.3 Å². The van der Waals surface area contributed by atoms with Crippen LogP contribution in [-0.2, 0) is 6.54 Å². The van der Waals surface area contributed by atoms with Crippen LogP contribution in [0, 0.1) is 6.92 Å². The molecule has 2 nitrogen and oxygen atoms in total. The molecule has 0 radical (unpaired) electrons. The van der Waals surface area contributed by atoms with Gasteiger partial charge in [-0.1, -0.05) is 121 Å². The fourth-order valence-corrected chi connectivity index (χ4v) is 4.28. The third-order valence-electron chi connectivity index (χ3n) is 6.17. The van der Waals surface area contributed by atoms with Crippen LogP contribution in [0.3, 0.4) is 0 Å². The summed E-state index contributed by atoms with van der Waals surface area (Å²) in [5.41, 5.74) is 8.35. The first-order valence-corrected chi connectivity index (χ1v) is 11.9. The summed E-state index contributed by atoms with van der Waals surface area (Å²) in [6.45, 7) is 2.76. The molecule has 0 bridgehead atoms. The SMILES string of the molecule is Cc1ccc(CN2C(c3ccccc3)=CC(c3ccccc3)=C/C2=C\C(=O)c2ccccc2)cc1. The molecule has 0 spiro atoms. The zero-order valence-corrected chi connectivity index (χ0v) is 19.8. The van der Waals surface area contributed by atoms with Gasteiger partial charge in [-0.3, -0.25) is 4.79 Å². The predicted octanol–water partition coefficient (Wildman–Crippen LogP) is 7.70. The van der Waals surface area contributed by atoms with Crippen molar-refractivity contribution in [2.45, 2.75) is 13.5 Å². The third kappa shape index (κ3) is 5.23. The minimum atomic E-state index is -0.00696. The number of rotatable bonds is 6. The lowest BCUT2D eigenvalue weighted by Gasteiger charge is -2.33. The van der Waals surface area contributed by atoms with E-state index in [0.29, 0.717) is 12.1 Å². The fourth-order valence-electron chi connectivity index (χ4n) is 4.28. The van der Waals surface area contributed by atoms with Gasteiger partial charge in [0.15, 0.2) is 5.78 Å². The average Bonchev–Trinajstić information content (AvgIpc) is 2.92. The smallest absolute Gasteiger partial charge is 0.187 e. The first-order chi connectivity index (χ1) is 17.2. The van der Waals surface area contributed by atoms with E-state index in [0.717, 1.165) is 28.1 Å². The molecule has 0 atom stereocenters. The Morgan fingerprint density at radius 2 is 1.26 bits per heavy atom. The predicted molar refractivity (Wildman–Crippen MR) is 144 cm³/mol. The van der Waals surface area contributed by atoms with Crippen LogP contribution < -0.4 is 0 Å². The topological polar surface area (TPSA) is 20.3 Å². The maximum absolute atomic E-state index is 13.3. The van der Waals surface area contributed by atoms with Crippen molar-refractivity contribution in [1.29, 1.82) is 0 Å². The molecule has 1 aliphatic heterocycles. The zero-order valence-electron chi connectivity index (χ0n) is 19.8. The van der Waals surface area contributed by atoms with Gasteiger partial charge in [0.05, 0.1) is 0 Å². The highest BCUT2D eigenvalue weighted by Crippen LogP contribution is 2.36. The van der Waals surface area contributed by atoms with Crippen molar-refractivity contribution in [3.63, 3.8) is 0 Å². The van der Waals surface area contributed by atoms with E-state index in [2.05, 4.69) is 84.6 Å². The lowest BCUT2D eigenvalue weighted by atomic mass is 9.95. The Hall–Kier alpha value is -4.43. The number of benzene rings is 4. The Labute approximate surface area is 207 Å². The first-order valence-electron chi connectivity index (χ1n) is 11.9. The Morgan fingerprint density at radius 1 is 0.686 bits per heavy atom. The summed E-state index contributed by atoms with van der Waals surface area (Å²) in [7, 11) is 0. The number of nitrogens with zero attached hydrogens (tertiary/aromatic N) is 1. The third-order valence-corrected chi connectivity index (χ3v) is 6.17. The Bertz CT molecular complexity index is 1400. The van der Waals surface area contributed by atoms with Crippen molar-refractivity contribution in [1.82, 2.24) is 4.90 Å². The van der Waals surface area contributed by atoms with Gasteiger partial charge < -0.3 is 4.90 Å². The molecular weight excluding hydrogens is 426 g/mol. The van der Waals surface area contributed by atoms with E-state index in [1.54, 1.807) is 6.08 Å². The number of hydrogen-bond acceptors (Lipinski definition) is 2. The number of carbonyl (C=O) groups is 1. The summed E-state index contributed by atoms with van der Waals surface area (Å²) in [5, 5.41) is 0. The Kier molecular flexibility index (Phi) is 6.54. The van der Waals surface area contributed by atoms with Crippen molar-refractivity contribution in [3.8, 4) is 0 Å². The minimum absolute atomic E-state index is 0.00696. The number of hydrogen-bond donors (Lipinski definition) is 0. The number of aryl methyl sites for hydroxylation is 1. The quantitative estimate of drug-likeness (QED) is 0.220. The molecule has 4 aromatic rings. The van der Waals surface area contributed by atoms with E-state index < -0.39 is 0 Å². The van der Waals surface area contributed by atoms with Crippen LogP contribution in [0.1, 0.15) is 32.6 Å². The van der Waals surface area contributed by atoms with E-state index in [-0.39, 0.29) is 5.78 Å². The molecule has 1 heterocycles. The van der Waals surface area contributed by atoms with Gasteiger partial charge in [0.25, 0.3) is 0 Å². The second-order valence-electron chi connectivity index (χ2n) is 8.73. The lowest BCUT2D eigenvalue weighted by molar-refractivity contribution is 0.104. The molecular formula is C33H27NO. The highest BCUT2D eigenvalue weighted by atomic mass is 16.1. The summed E-state index contributed by atoms with van der Waals surface area (Å²) in [6, 6.07) is 38.8. The monoisotopic (exact) mass is 453 g/mol. The molecule has 0 saturated heterocycles. The molecule has 4 aromatic carbocycles. The fraction of sp³-hybridized carbons (Fsp3) is 0.0606. The minimum Gasteiger partial charge on any atom is -0.336 e. The molecule has 0 aromatic heterocycles. The van der Waals surface area contributed by atoms with E-state index in [1.807, 2.05) is 54.6 Å². The van der Waals surface area contributed by atoms with Crippen molar-refractivity contribution < 1.29 is 4.79 Å². The maximum atomic E-state index is 13.3. The largest absolute Gasteiger partial charge is 0.336 e. The summed E-state index contributed by atoms with van der Waals surface area (Å²) in [5.74, 6) is -0.00696. The second kappa shape index (κ2) is 10.2. The summed E-state index contributed by atoms with van der Waals surface area (Å²) in [4.78, 5) is 15.5. The van der Waals surface area contributed by atoms with E-state index in [9.17, 15) is 4.79 Å². The lowest BCUT2D eigenvalue weighted by Crippen LogP contribution is -2.24. The summed E-state index contributed by atoms with van der Waals surface area (Å²) < 4.78 is 0. The van der Waals surface area contributed by atoms with Gasteiger partial charge in [0, 0.05) is 29.6 Å². The average molecular weight is 454 g/mol. The van der Waals surface area contributed by atoms with Crippen LogP contribution in [-0.4, -0.2) is 10.7 Å². The van der Waals surface area contributed by atoms with E-state index in [4.69, 9.17) is 0 Å². The van der Waals surface area contributed by atoms with Crippen LogP contribution in [0.15, 0.2) is 139 Å². The van der Waals surface area contributed by atoms with Gasteiger partial charge in [0.1, 0.15) is 0 Å². The number of ketones is 1. The zero-order chi connectivity index (χ0) is 24.0. The molecule has 0 N–H and O–H groups in total. The van der Waals surface area contributed by atoms with Crippen molar-refractivity contribution in [2.75, 3.05) is 0 Å². The number of allylic oxidation sites excluding steroid dienone is 4. The molecule has 0 aliphatic carbocycles. The van der Waals surface area contributed by atoms with Crippen LogP contribution in [0.5, 0.6) is 0 Å². The highest BCUT2D eigenvalue weighted by Gasteiger charge is 2.22. The summed E-state index contributed by atoms with van der Waals surface area (Å²) >= 11 is 0. The molecule has 5 rings (SSSR count). The van der Waals surface area contributed by atoms with Crippen LogP contribution in [0.4, 0.5) is 0 Å². The normalized spacial score (nSPS) is 14.4. The van der Waals surface area contributed by atoms with E-state index in [1.165, 1.54) is 11.1 Å². The highest BCUT2D eigenvalue weighted by molar-refractivity contribution is 6.05. The molecule has 0 saturated carbocycles. The van der Waals surface area contributed by atoms with Crippen LogP contribution in [0.25, 0.3) is 11.3 Å². The Morgan fingerprint density at radius 3 is 1.89 bits per heavy atom. The molecule has 0 unspecified atom stereocenters. The van der Waals surface area contributed by atoms with Crippen LogP contribution >= 0.6 is 0 Å². The van der Waals surface area contributed by atoms with Gasteiger partial charge in [-0.15, -0.1) is 0 Å². The maximum Gasteiger partial charge on any atom is 0.187 e. The van der Waals surface area contributed by atoms with Gasteiger partial charge in [-0.2, -0.15) is 0 Å². The van der Waals surface area contributed by atoms with Crippen LogP contribution in [0.2, 0.25) is 0 Å². The number of carbonyl (C=O) groups excluding carboxylic acids is 1. The molecule has 1 aliphatic rings. The molecule has 2 heteroatoms. The van der Waals surface area contributed by atoms with Crippen molar-refractivity contribution >= 4 is 17.1 Å². The van der Waals surface area contributed by atoms with Crippen molar-refractivity contribution in [3.05, 3.63) is 167 Å². The van der Waals surface area contributed by atoms with Crippen molar-refractivity contribution in [2.24, 2.45) is 0 Å². The Balaban J connectivity index is 1.65. The molecule has 35 heavy (non-hydrogen) atoms. The van der Waals surface area contributed by atoms with Gasteiger partial charge >= 0.3 is 0 Å². The van der Waals surface area contributed by atoms with Gasteiger partial charge in [-0.25, -0.2) is 0 Å². The molecule has 0 amide bonds. The molecule has 170 valence electrons. The summed E-state index contributed by atoms with van der Waals surface area (Å²) in [6.07, 6.45) is 6.11. The first kappa shape index (κ1) is 22.4. The standard InChI is InChI=1S/C33H27NO/c1-25-17-19-26(20-18-25)24-34-31(23-33(35)29-15-9-4-10-16-29)21-30(27-11-5-2-6-12-27)22-32(34)28-13-7-3-8-14-28/h2-23H,24H2,1H3/b31-23+.